The largest absolute Gasteiger partial charge is 0.481 e. The molecule has 0 saturated carbocycles. The first-order valence-electron chi connectivity index (χ1n) is 8.53. The summed E-state index contributed by atoms with van der Waals surface area (Å²) in [6.45, 7) is 7.29. The van der Waals surface area contributed by atoms with E-state index >= 15 is 0 Å². The van der Waals surface area contributed by atoms with Gasteiger partial charge in [0.05, 0.1) is 0 Å². The second kappa shape index (κ2) is 9.14. The highest BCUT2D eigenvalue weighted by molar-refractivity contribution is 6.30. The van der Waals surface area contributed by atoms with E-state index in [9.17, 15) is 4.79 Å². The third kappa shape index (κ3) is 6.04. The van der Waals surface area contributed by atoms with Crippen LogP contribution < -0.4 is 10.1 Å². The molecule has 1 N–H and O–H groups in total. The van der Waals surface area contributed by atoms with Gasteiger partial charge in [0.25, 0.3) is 5.91 Å². The smallest absolute Gasteiger partial charge is 0.260 e. The molecule has 1 heterocycles. The van der Waals surface area contributed by atoms with Gasteiger partial charge < -0.3 is 15.0 Å². The summed E-state index contributed by atoms with van der Waals surface area (Å²) < 4.78 is 5.67. The van der Waals surface area contributed by atoms with Gasteiger partial charge in [-0.3, -0.25) is 4.79 Å². The number of nitrogens with zero attached hydrogens (tertiary/aromatic N) is 1. The van der Waals surface area contributed by atoms with Crippen molar-refractivity contribution < 1.29 is 9.53 Å². The lowest BCUT2D eigenvalue weighted by Crippen LogP contribution is -2.48. The number of carbonyl (C=O) groups is 1. The van der Waals surface area contributed by atoms with Gasteiger partial charge in [0, 0.05) is 24.2 Å². The summed E-state index contributed by atoms with van der Waals surface area (Å²) in [6, 6.07) is 7.38. The van der Waals surface area contributed by atoms with Crippen molar-refractivity contribution >= 4 is 17.5 Å². The van der Waals surface area contributed by atoms with E-state index in [1.807, 2.05) is 12.1 Å². The molecule has 1 aromatic rings. The van der Waals surface area contributed by atoms with Gasteiger partial charge in [-0.2, -0.15) is 0 Å². The zero-order valence-electron chi connectivity index (χ0n) is 14.1. The van der Waals surface area contributed by atoms with Crippen molar-refractivity contribution in [3.63, 3.8) is 0 Å². The van der Waals surface area contributed by atoms with Crippen LogP contribution >= 0.6 is 11.6 Å². The van der Waals surface area contributed by atoms with Crippen LogP contribution in [0.25, 0.3) is 0 Å². The van der Waals surface area contributed by atoms with Crippen LogP contribution in [0.3, 0.4) is 0 Å². The molecule has 0 radical (unpaired) electrons. The van der Waals surface area contributed by atoms with Crippen molar-refractivity contribution in [1.82, 2.24) is 10.2 Å². The lowest BCUT2D eigenvalue weighted by atomic mass is 10.0. The summed E-state index contributed by atoms with van der Waals surface area (Å²) in [5.41, 5.74) is 0. The van der Waals surface area contributed by atoms with Gasteiger partial charge in [-0.15, -0.1) is 0 Å². The summed E-state index contributed by atoms with van der Waals surface area (Å²) in [4.78, 5) is 14.8. The third-order valence-electron chi connectivity index (χ3n) is 4.24. The fourth-order valence-electron chi connectivity index (χ4n) is 2.80. The molecule has 1 atom stereocenters. The summed E-state index contributed by atoms with van der Waals surface area (Å²) in [5.74, 6) is 0.562. The quantitative estimate of drug-likeness (QED) is 0.827. The average molecular weight is 339 g/mol. The minimum Gasteiger partial charge on any atom is -0.481 e. The highest BCUT2D eigenvalue weighted by Gasteiger charge is 2.23. The van der Waals surface area contributed by atoms with Crippen LogP contribution in [-0.4, -0.2) is 42.6 Å². The van der Waals surface area contributed by atoms with Crippen LogP contribution in [0.5, 0.6) is 5.75 Å². The van der Waals surface area contributed by atoms with Crippen LogP contribution in [0, 0.1) is 0 Å². The van der Waals surface area contributed by atoms with Crippen molar-refractivity contribution in [3.8, 4) is 5.75 Å². The first-order valence-corrected chi connectivity index (χ1v) is 8.91. The highest BCUT2D eigenvalue weighted by Crippen LogP contribution is 2.18. The number of hydrogen-bond acceptors (Lipinski definition) is 3. The van der Waals surface area contributed by atoms with Gasteiger partial charge in [-0.1, -0.05) is 31.0 Å². The minimum absolute atomic E-state index is 0.0583. The van der Waals surface area contributed by atoms with Crippen LogP contribution in [0.4, 0.5) is 0 Å². The average Bonchev–Trinajstić information content (AvgIpc) is 2.54. The topological polar surface area (TPSA) is 41.6 Å². The fourth-order valence-corrected chi connectivity index (χ4v) is 2.98. The summed E-state index contributed by atoms with van der Waals surface area (Å²) in [5, 5.41) is 3.71. The first-order chi connectivity index (χ1) is 11.1. The minimum atomic E-state index is -0.522. The normalized spacial score (nSPS) is 17.7. The summed E-state index contributed by atoms with van der Waals surface area (Å²) in [6.07, 6.45) is 3.99. The van der Waals surface area contributed by atoms with E-state index in [4.69, 9.17) is 16.3 Å². The van der Waals surface area contributed by atoms with Crippen molar-refractivity contribution in [2.24, 2.45) is 0 Å². The van der Waals surface area contributed by atoms with Gasteiger partial charge in [-0.05, 0) is 50.9 Å². The molecule has 0 aliphatic carbocycles. The molecule has 1 unspecified atom stereocenters. The zero-order chi connectivity index (χ0) is 16.7. The van der Waals surface area contributed by atoms with E-state index in [2.05, 4.69) is 17.1 Å². The van der Waals surface area contributed by atoms with E-state index < -0.39 is 6.10 Å². The molecule has 23 heavy (non-hydrogen) atoms. The van der Waals surface area contributed by atoms with Gasteiger partial charge in [0.15, 0.2) is 6.10 Å². The number of amides is 1. The summed E-state index contributed by atoms with van der Waals surface area (Å²) >= 11 is 5.93. The highest BCUT2D eigenvalue weighted by atomic mass is 35.5. The number of ether oxygens (including phenoxy) is 1. The molecule has 1 saturated heterocycles. The molecule has 0 aromatic heterocycles. The lowest BCUT2D eigenvalue weighted by Gasteiger charge is -2.32. The van der Waals surface area contributed by atoms with Crippen molar-refractivity contribution in [2.45, 2.75) is 51.7 Å². The Morgan fingerprint density at radius 1 is 1.43 bits per heavy atom. The van der Waals surface area contributed by atoms with Crippen LogP contribution in [0.2, 0.25) is 5.02 Å². The molecule has 0 spiro atoms. The molecule has 0 bridgehead atoms. The second-order valence-electron chi connectivity index (χ2n) is 6.20. The number of likely N-dealkylation sites (tertiary alicyclic amines) is 1. The van der Waals surface area contributed by atoms with Crippen molar-refractivity contribution in [2.75, 3.05) is 19.6 Å². The van der Waals surface area contributed by atoms with E-state index in [-0.39, 0.29) is 11.9 Å². The summed E-state index contributed by atoms with van der Waals surface area (Å²) in [7, 11) is 0. The number of rotatable bonds is 7. The number of hydrogen-bond donors (Lipinski definition) is 1. The Kier molecular flexibility index (Phi) is 7.18. The number of piperidine rings is 1. The molecule has 2 rings (SSSR count). The molecular weight excluding hydrogens is 312 g/mol. The van der Waals surface area contributed by atoms with Gasteiger partial charge in [0.2, 0.25) is 0 Å². The third-order valence-corrected chi connectivity index (χ3v) is 4.48. The molecule has 1 fully saturated rings. The fraction of sp³-hybridized carbons (Fsp3) is 0.611. The Balaban J connectivity index is 1.74. The number of halogens is 1. The maximum absolute atomic E-state index is 12.3. The van der Waals surface area contributed by atoms with E-state index in [0.29, 0.717) is 10.8 Å². The Labute approximate surface area is 144 Å². The number of benzene rings is 1. The van der Waals surface area contributed by atoms with E-state index in [1.165, 1.54) is 19.4 Å². The molecule has 128 valence electrons. The molecule has 1 amide bonds. The van der Waals surface area contributed by atoms with Gasteiger partial charge in [0.1, 0.15) is 5.75 Å². The Morgan fingerprint density at radius 3 is 2.83 bits per heavy atom. The SMILES string of the molecule is CCCCN1CCC(NC(=O)C(C)Oc2cccc(Cl)c2)CC1. The number of carbonyl (C=O) groups excluding carboxylic acids is 1. The van der Waals surface area contributed by atoms with Crippen LogP contribution in [0.15, 0.2) is 24.3 Å². The van der Waals surface area contributed by atoms with Gasteiger partial charge >= 0.3 is 0 Å². The molecule has 1 aliphatic rings. The zero-order valence-corrected chi connectivity index (χ0v) is 14.8. The molecule has 4 nitrogen and oxygen atoms in total. The monoisotopic (exact) mass is 338 g/mol. The maximum Gasteiger partial charge on any atom is 0.260 e. The number of nitrogens with one attached hydrogen (secondary N) is 1. The Hall–Kier alpha value is -1.26. The van der Waals surface area contributed by atoms with Crippen LogP contribution in [0.1, 0.15) is 39.5 Å². The predicted octanol–water partition coefficient (Wildman–Crippen LogP) is 3.49. The first kappa shape index (κ1) is 18.1. The predicted molar refractivity (Wildman–Crippen MR) is 94.1 cm³/mol. The van der Waals surface area contributed by atoms with Gasteiger partial charge in [-0.25, -0.2) is 0 Å². The van der Waals surface area contributed by atoms with Crippen molar-refractivity contribution in [3.05, 3.63) is 29.3 Å². The van der Waals surface area contributed by atoms with Crippen LogP contribution in [-0.2, 0) is 4.79 Å². The Bertz CT molecular complexity index is 502. The number of unbranched alkanes of at least 4 members (excludes halogenated alkanes) is 1. The molecule has 1 aliphatic heterocycles. The standard InChI is InChI=1S/C18H27ClN2O2/c1-3-4-10-21-11-8-16(9-12-21)20-18(22)14(2)23-17-7-5-6-15(19)13-17/h5-7,13-14,16H,3-4,8-12H2,1-2H3,(H,20,22). The second-order valence-corrected chi connectivity index (χ2v) is 6.63. The molecule has 1 aromatic carbocycles. The molecule has 5 heteroatoms. The van der Waals surface area contributed by atoms with E-state index in [1.54, 1.807) is 19.1 Å². The van der Waals surface area contributed by atoms with E-state index in [0.717, 1.165) is 25.9 Å². The lowest BCUT2D eigenvalue weighted by molar-refractivity contribution is -0.128. The van der Waals surface area contributed by atoms with Crippen molar-refractivity contribution in [1.29, 1.82) is 0 Å². The molecular formula is C18H27ClN2O2. The Morgan fingerprint density at radius 2 is 2.17 bits per heavy atom. The maximum atomic E-state index is 12.3.